The van der Waals surface area contributed by atoms with E-state index in [0.717, 1.165) is 19.4 Å². The van der Waals surface area contributed by atoms with Crippen LogP contribution in [0.1, 0.15) is 19.8 Å². The van der Waals surface area contributed by atoms with Crippen molar-refractivity contribution < 1.29 is 8.42 Å². The fraction of sp³-hybridized carbons (Fsp3) is 0.778. The van der Waals surface area contributed by atoms with E-state index in [1.165, 1.54) is 0 Å². The van der Waals surface area contributed by atoms with Gasteiger partial charge in [0.1, 0.15) is 0 Å². The molecule has 14 heavy (non-hydrogen) atoms. The lowest BCUT2D eigenvalue weighted by molar-refractivity contribution is 0.554. The van der Waals surface area contributed by atoms with Crippen molar-refractivity contribution in [2.24, 2.45) is 0 Å². The van der Waals surface area contributed by atoms with Crippen LogP contribution in [-0.2, 0) is 10.0 Å². The van der Waals surface area contributed by atoms with Gasteiger partial charge in [-0.25, -0.2) is 13.1 Å². The molecule has 0 saturated heterocycles. The van der Waals surface area contributed by atoms with Crippen LogP contribution in [0.3, 0.4) is 0 Å². The van der Waals surface area contributed by atoms with Gasteiger partial charge in [0.15, 0.2) is 0 Å². The largest absolute Gasteiger partial charge is 0.316 e. The van der Waals surface area contributed by atoms with Crippen LogP contribution >= 0.6 is 0 Å². The Morgan fingerprint density at radius 3 is 2.57 bits per heavy atom. The Labute approximate surface area is 85.8 Å². The van der Waals surface area contributed by atoms with Crippen molar-refractivity contribution in [2.45, 2.75) is 25.8 Å². The second-order valence-electron chi connectivity index (χ2n) is 3.43. The highest BCUT2D eigenvalue weighted by molar-refractivity contribution is 7.89. The molecule has 0 fully saturated rings. The zero-order chi connectivity index (χ0) is 10.4. The third-order valence-corrected chi connectivity index (χ3v) is 3.59. The minimum absolute atomic E-state index is 0.0848. The Balaban J connectivity index is 2.26. The normalized spacial score (nSPS) is 17.8. The van der Waals surface area contributed by atoms with Crippen molar-refractivity contribution >= 4 is 10.0 Å². The quantitative estimate of drug-likeness (QED) is 0.496. The summed E-state index contributed by atoms with van der Waals surface area (Å²) in [7, 11) is -3.09. The molecule has 0 atom stereocenters. The van der Waals surface area contributed by atoms with Crippen LogP contribution in [0.2, 0.25) is 0 Å². The molecule has 0 radical (unpaired) electrons. The fourth-order valence-corrected chi connectivity index (χ4v) is 2.64. The molecule has 0 unspecified atom stereocenters. The summed E-state index contributed by atoms with van der Waals surface area (Å²) in [5.74, 6) is 0.164. The second kappa shape index (κ2) is 5.48. The molecule has 1 aliphatic rings. The molecule has 0 bridgehead atoms. The molecule has 82 valence electrons. The lowest BCUT2D eigenvalue weighted by atomic mass is 10.3. The van der Waals surface area contributed by atoms with E-state index in [-0.39, 0.29) is 11.8 Å². The van der Waals surface area contributed by atoms with Gasteiger partial charge in [0.05, 0.1) is 5.75 Å². The van der Waals surface area contributed by atoms with E-state index in [9.17, 15) is 8.42 Å². The van der Waals surface area contributed by atoms with Crippen LogP contribution in [0.4, 0.5) is 0 Å². The first kappa shape index (κ1) is 11.7. The fourth-order valence-electron chi connectivity index (χ4n) is 1.41. The van der Waals surface area contributed by atoms with Gasteiger partial charge >= 0.3 is 0 Å². The number of sulfonamides is 1. The van der Waals surface area contributed by atoms with E-state index in [1.54, 1.807) is 0 Å². The topological polar surface area (TPSA) is 58.2 Å². The van der Waals surface area contributed by atoms with Crippen molar-refractivity contribution in [1.82, 2.24) is 10.0 Å². The molecule has 0 aromatic carbocycles. The van der Waals surface area contributed by atoms with Gasteiger partial charge in [-0.1, -0.05) is 19.1 Å². The van der Waals surface area contributed by atoms with Gasteiger partial charge < -0.3 is 5.32 Å². The maximum atomic E-state index is 11.5. The zero-order valence-corrected chi connectivity index (χ0v) is 9.31. The van der Waals surface area contributed by atoms with E-state index in [0.29, 0.717) is 6.54 Å². The van der Waals surface area contributed by atoms with Crippen LogP contribution in [0.15, 0.2) is 12.2 Å². The summed E-state index contributed by atoms with van der Waals surface area (Å²) in [4.78, 5) is 0. The van der Waals surface area contributed by atoms with Gasteiger partial charge in [-0.2, -0.15) is 0 Å². The highest BCUT2D eigenvalue weighted by Gasteiger charge is 2.17. The molecule has 1 aliphatic carbocycles. The Bertz CT molecular complexity index is 277. The first-order chi connectivity index (χ1) is 6.64. The molecule has 0 amide bonds. The standard InChI is InChI=1S/C9H18N2O2S/c1-2-10-7-8-14(12,13)11-9-5-3-4-6-9/h3-4,9-11H,2,5-8H2,1H3. The minimum Gasteiger partial charge on any atom is -0.316 e. The van der Waals surface area contributed by atoms with Crippen molar-refractivity contribution in [2.75, 3.05) is 18.8 Å². The van der Waals surface area contributed by atoms with Gasteiger partial charge in [-0.05, 0) is 19.4 Å². The summed E-state index contributed by atoms with van der Waals surface area (Å²) in [5.41, 5.74) is 0. The molecule has 0 heterocycles. The summed E-state index contributed by atoms with van der Waals surface area (Å²) in [5, 5.41) is 2.99. The molecule has 2 N–H and O–H groups in total. The molecule has 5 heteroatoms. The van der Waals surface area contributed by atoms with Crippen molar-refractivity contribution in [3.8, 4) is 0 Å². The molecule has 0 aromatic heterocycles. The van der Waals surface area contributed by atoms with Gasteiger partial charge in [0.2, 0.25) is 10.0 Å². The number of nitrogens with one attached hydrogen (secondary N) is 2. The van der Waals surface area contributed by atoms with Gasteiger partial charge in [-0.3, -0.25) is 0 Å². The lowest BCUT2D eigenvalue weighted by Crippen LogP contribution is -2.37. The number of hydrogen-bond donors (Lipinski definition) is 2. The van der Waals surface area contributed by atoms with Crippen molar-refractivity contribution in [3.05, 3.63) is 12.2 Å². The second-order valence-corrected chi connectivity index (χ2v) is 5.30. The van der Waals surface area contributed by atoms with Gasteiger partial charge in [0, 0.05) is 12.6 Å². The molecule has 0 aliphatic heterocycles. The summed E-state index contributed by atoms with van der Waals surface area (Å²) in [6.45, 7) is 3.29. The Hall–Kier alpha value is -0.390. The first-order valence-electron chi connectivity index (χ1n) is 5.00. The number of hydrogen-bond acceptors (Lipinski definition) is 3. The molecular formula is C9H18N2O2S. The number of rotatable bonds is 6. The predicted molar refractivity (Wildman–Crippen MR) is 57.6 cm³/mol. The maximum Gasteiger partial charge on any atom is 0.213 e. The molecule has 4 nitrogen and oxygen atoms in total. The Kier molecular flexibility index (Phi) is 4.57. The molecule has 0 saturated carbocycles. The average molecular weight is 218 g/mol. The van der Waals surface area contributed by atoms with E-state index in [2.05, 4.69) is 10.0 Å². The highest BCUT2D eigenvalue weighted by Crippen LogP contribution is 2.10. The van der Waals surface area contributed by atoms with Crippen LogP contribution in [0.25, 0.3) is 0 Å². The Morgan fingerprint density at radius 2 is 2.00 bits per heavy atom. The maximum absolute atomic E-state index is 11.5. The predicted octanol–water partition coefficient (Wildman–Crippen LogP) is 0.234. The van der Waals surface area contributed by atoms with E-state index < -0.39 is 10.0 Å². The zero-order valence-electron chi connectivity index (χ0n) is 8.49. The van der Waals surface area contributed by atoms with Crippen LogP contribution < -0.4 is 10.0 Å². The summed E-state index contributed by atoms with van der Waals surface area (Å²) in [6, 6.07) is 0.0848. The van der Waals surface area contributed by atoms with E-state index in [4.69, 9.17) is 0 Å². The molecule has 0 aromatic rings. The minimum atomic E-state index is -3.09. The molecule has 1 rings (SSSR count). The van der Waals surface area contributed by atoms with E-state index >= 15 is 0 Å². The molecule has 0 spiro atoms. The molecular weight excluding hydrogens is 200 g/mol. The van der Waals surface area contributed by atoms with Crippen molar-refractivity contribution in [3.63, 3.8) is 0 Å². The van der Waals surface area contributed by atoms with Crippen LogP contribution in [0, 0.1) is 0 Å². The van der Waals surface area contributed by atoms with Crippen LogP contribution in [-0.4, -0.2) is 33.3 Å². The monoisotopic (exact) mass is 218 g/mol. The van der Waals surface area contributed by atoms with Crippen LogP contribution in [0.5, 0.6) is 0 Å². The van der Waals surface area contributed by atoms with E-state index in [1.807, 2.05) is 19.1 Å². The Morgan fingerprint density at radius 1 is 1.36 bits per heavy atom. The summed E-state index contributed by atoms with van der Waals surface area (Å²) in [6.07, 6.45) is 5.66. The average Bonchev–Trinajstić information content (AvgIpc) is 2.56. The van der Waals surface area contributed by atoms with Gasteiger partial charge in [0.25, 0.3) is 0 Å². The highest BCUT2D eigenvalue weighted by atomic mass is 32.2. The summed E-state index contributed by atoms with van der Waals surface area (Å²) >= 11 is 0. The lowest BCUT2D eigenvalue weighted by Gasteiger charge is -2.12. The first-order valence-corrected chi connectivity index (χ1v) is 6.65. The van der Waals surface area contributed by atoms with Gasteiger partial charge in [-0.15, -0.1) is 0 Å². The smallest absolute Gasteiger partial charge is 0.213 e. The third-order valence-electron chi connectivity index (χ3n) is 2.15. The third kappa shape index (κ3) is 4.21. The summed E-state index contributed by atoms with van der Waals surface area (Å²) < 4.78 is 25.6. The SMILES string of the molecule is CCNCCS(=O)(=O)NC1CC=CC1. The van der Waals surface area contributed by atoms with Crippen molar-refractivity contribution in [1.29, 1.82) is 0 Å².